The van der Waals surface area contributed by atoms with Crippen molar-refractivity contribution < 1.29 is 14.7 Å². The van der Waals surface area contributed by atoms with Crippen molar-refractivity contribution in [1.82, 2.24) is 16.2 Å². The number of phenols is 1. The van der Waals surface area contributed by atoms with Crippen molar-refractivity contribution >= 4 is 11.9 Å². The van der Waals surface area contributed by atoms with E-state index in [9.17, 15) is 14.7 Å². The normalized spacial score (nSPS) is 30.0. The van der Waals surface area contributed by atoms with E-state index in [-0.39, 0.29) is 28.2 Å². The van der Waals surface area contributed by atoms with Crippen LogP contribution in [0.1, 0.15) is 50.4 Å². The molecule has 0 unspecified atom stereocenters. The summed E-state index contributed by atoms with van der Waals surface area (Å²) >= 11 is 0. The average Bonchev–Trinajstić information content (AvgIpc) is 2.86. The fourth-order valence-corrected chi connectivity index (χ4v) is 4.46. The Balaban J connectivity index is 1.56. The third-order valence-corrected chi connectivity index (χ3v) is 6.54. The van der Waals surface area contributed by atoms with Crippen molar-refractivity contribution in [2.45, 2.75) is 46.1 Å². The van der Waals surface area contributed by atoms with Gasteiger partial charge < -0.3 is 10.4 Å². The molecular formula is C18H25N3O3. The van der Waals surface area contributed by atoms with E-state index in [1.54, 1.807) is 12.1 Å². The van der Waals surface area contributed by atoms with E-state index in [0.29, 0.717) is 5.92 Å². The Hall–Kier alpha value is -2.24. The molecule has 2 saturated carbocycles. The summed E-state index contributed by atoms with van der Waals surface area (Å²) in [5.41, 5.74) is 5.12. The van der Waals surface area contributed by atoms with Gasteiger partial charge in [0.15, 0.2) is 0 Å². The Morgan fingerprint density at radius 2 is 1.88 bits per heavy atom. The van der Waals surface area contributed by atoms with E-state index < -0.39 is 11.9 Å². The Morgan fingerprint density at radius 3 is 2.46 bits per heavy atom. The lowest BCUT2D eigenvalue weighted by Gasteiger charge is -2.39. The minimum Gasteiger partial charge on any atom is -0.507 e. The van der Waals surface area contributed by atoms with E-state index in [0.717, 1.165) is 12.8 Å². The molecule has 4 N–H and O–H groups in total. The molecule has 2 aliphatic carbocycles. The number of carbonyl (C=O) groups excluding carboxylic acids is 2. The molecule has 6 heteroatoms. The lowest BCUT2D eigenvalue weighted by atomic mass is 9.69. The van der Waals surface area contributed by atoms with Gasteiger partial charge in [0.2, 0.25) is 0 Å². The highest BCUT2D eigenvalue weighted by Gasteiger charge is 2.61. The summed E-state index contributed by atoms with van der Waals surface area (Å²) in [6, 6.07) is 5.87. The Kier molecular flexibility index (Phi) is 3.94. The van der Waals surface area contributed by atoms with Gasteiger partial charge in [0, 0.05) is 6.04 Å². The largest absolute Gasteiger partial charge is 0.507 e. The highest BCUT2D eigenvalue weighted by Crippen LogP contribution is 2.65. The predicted octanol–water partition coefficient (Wildman–Crippen LogP) is 2.55. The molecule has 0 heterocycles. The topological polar surface area (TPSA) is 90.5 Å². The minimum atomic E-state index is -0.553. The number of para-hydroxylation sites is 1. The Labute approximate surface area is 142 Å². The summed E-state index contributed by atoms with van der Waals surface area (Å²) in [6.07, 6.45) is 3.30. The van der Waals surface area contributed by atoms with Gasteiger partial charge in [0.1, 0.15) is 5.75 Å². The zero-order valence-electron chi connectivity index (χ0n) is 14.3. The maximum absolute atomic E-state index is 12.1. The number of nitrogens with one attached hydrogen (secondary N) is 3. The highest BCUT2D eigenvalue weighted by atomic mass is 16.3. The van der Waals surface area contributed by atoms with Crippen LogP contribution in [0.4, 0.5) is 4.79 Å². The minimum absolute atomic E-state index is 0.0801. The summed E-state index contributed by atoms with van der Waals surface area (Å²) in [6.45, 7) is 6.81. The van der Waals surface area contributed by atoms with Gasteiger partial charge in [-0.05, 0) is 48.1 Å². The summed E-state index contributed by atoms with van der Waals surface area (Å²) in [4.78, 5) is 24.1. The van der Waals surface area contributed by atoms with Crippen molar-refractivity contribution in [3.05, 3.63) is 29.8 Å². The zero-order valence-corrected chi connectivity index (χ0v) is 14.3. The molecule has 0 spiro atoms. The molecule has 6 nitrogen and oxygen atoms in total. The number of phenolic OH excluding ortho intramolecular Hbond substituents is 1. The third-order valence-electron chi connectivity index (χ3n) is 6.54. The SMILES string of the molecule is CC1(C)[C@H]2CC[C@@]1(C)[C@H](NC(=O)NNC(=O)c1ccccc1O)C2. The van der Waals surface area contributed by atoms with Crippen LogP contribution in [-0.4, -0.2) is 23.1 Å². The van der Waals surface area contributed by atoms with Crippen LogP contribution in [0, 0.1) is 16.7 Å². The maximum Gasteiger partial charge on any atom is 0.333 e. The van der Waals surface area contributed by atoms with Crippen molar-refractivity contribution in [2.24, 2.45) is 16.7 Å². The second-order valence-corrected chi connectivity index (χ2v) is 7.73. The fourth-order valence-electron chi connectivity index (χ4n) is 4.46. The van der Waals surface area contributed by atoms with Crippen molar-refractivity contribution in [1.29, 1.82) is 0 Å². The molecule has 0 aromatic heterocycles. The number of hydrazine groups is 1. The summed E-state index contributed by atoms with van der Waals surface area (Å²) in [5.74, 6) is -0.0500. The van der Waals surface area contributed by atoms with Gasteiger partial charge in [-0.3, -0.25) is 10.2 Å². The lowest BCUT2D eigenvalue weighted by molar-refractivity contribution is 0.0928. The second-order valence-electron chi connectivity index (χ2n) is 7.73. The van der Waals surface area contributed by atoms with Crippen LogP contribution >= 0.6 is 0 Å². The number of aromatic hydroxyl groups is 1. The van der Waals surface area contributed by atoms with Gasteiger partial charge >= 0.3 is 6.03 Å². The van der Waals surface area contributed by atoms with Gasteiger partial charge in [-0.25, -0.2) is 10.2 Å². The molecule has 0 saturated heterocycles. The molecule has 0 radical (unpaired) electrons. The van der Waals surface area contributed by atoms with Gasteiger partial charge in [0.25, 0.3) is 5.91 Å². The van der Waals surface area contributed by atoms with Crippen LogP contribution in [0.5, 0.6) is 5.75 Å². The first-order chi connectivity index (χ1) is 11.3. The quantitative estimate of drug-likeness (QED) is 0.628. The number of rotatable bonds is 2. The number of carbonyl (C=O) groups is 2. The number of amides is 3. The highest BCUT2D eigenvalue weighted by molar-refractivity contribution is 5.97. The van der Waals surface area contributed by atoms with Gasteiger partial charge in [-0.1, -0.05) is 32.9 Å². The number of hydrogen-bond donors (Lipinski definition) is 4. The molecule has 24 heavy (non-hydrogen) atoms. The zero-order chi connectivity index (χ0) is 17.5. The maximum atomic E-state index is 12.1. The monoisotopic (exact) mass is 331 g/mol. The Bertz CT molecular complexity index is 673. The molecule has 3 atom stereocenters. The van der Waals surface area contributed by atoms with Crippen LogP contribution in [0.3, 0.4) is 0 Å². The smallest absolute Gasteiger partial charge is 0.333 e. The summed E-state index contributed by atoms with van der Waals surface area (Å²) in [7, 11) is 0. The van der Waals surface area contributed by atoms with Crippen molar-refractivity contribution in [2.75, 3.05) is 0 Å². The number of benzene rings is 1. The van der Waals surface area contributed by atoms with Crippen LogP contribution < -0.4 is 16.2 Å². The first kappa shape index (κ1) is 16.6. The molecule has 2 aliphatic rings. The lowest BCUT2D eigenvalue weighted by Crippen LogP contribution is -2.54. The van der Waals surface area contributed by atoms with Crippen LogP contribution in [-0.2, 0) is 0 Å². The van der Waals surface area contributed by atoms with Crippen LogP contribution in [0.15, 0.2) is 24.3 Å². The van der Waals surface area contributed by atoms with Crippen molar-refractivity contribution in [3.63, 3.8) is 0 Å². The number of urea groups is 1. The van der Waals surface area contributed by atoms with Gasteiger partial charge in [0.05, 0.1) is 5.56 Å². The van der Waals surface area contributed by atoms with Gasteiger partial charge in [-0.15, -0.1) is 0 Å². The van der Waals surface area contributed by atoms with E-state index in [1.165, 1.54) is 18.6 Å². The number of fused-ring (bicyclic) bond motifs is 2. The van der Waals surface area contributed by atoms with E-state index in [4.69, 9.17) is 0 Å². The standard InChI is InChI=1S/C18H25N3O3/c1-17(2)11-8-9-18(17,3)14(10-11)19-16(24)21-20-15(23)12-6-4-5-7-13(12)22/h4-7,11,14,22H,8-10H2,1-3H3,(H,20,23)(H2,19,21,24)/t11-,14+,18-/m0/s1. The molecule has 2 bridgehead atoms. The summed E-state index contributed by atoms with van der Waals surface area (Å²) < 4.78 is 0. The molecule has 130 valence electrons. The average molecular weight is 331 g/mol. The second kappa shape index (κ2) is 5.69. The van der Waals surface area contributed by atoms with Crippen LogP contribution in [0.25, 0.3) is 0 Å². The van der Waals surface area contributed by atoms with E-state index in [2.05, 4.69) is 36.9 Å². The van der Waals surface area contributed by atoms with Gasteiger partial charge in [-0.2, -0.15) is 0 Å². The Morgan fingerprint density at radius 1 is 1.17 bits per heavy atom. The summed E-state index contributed by atoms with van der Waals surface area (Å²) in [5, 5.41) is 12.7. The third kappa shape index (κ3) is 2.50. The molecule has 3 rings (SSSR count). The molecule has 1 aromatic carbocycles. The van der Waals surface area contributed by atoms with Crippen molar-refractivity contribution in [3.8, 4) is 5.75 Å². The van der Waals surface area contributed by atoms with Crippen LogP contribution in [0.2, 0.25) is 0 Å². The molecular weight excluding hydrogens is 306 g/mol. The van der Waals surface area contributed by atoms with E-state index in [1.807, 2.05) is 0 Å². The first-order valence-electron chi connectivity index (χ1n) is 8.40. The molecule has 3 amide bonds. The molecule has 0 aliphatic heterocycles. The predicted molar refractivity (Wildman–Crippen MR) is 90.3 cm³/mol. The fraction of sp³-hybridized carbons (Fsp3) is 0.556. The number of hydrogen-bond acceptors (Lipinski definition) is 3. The molecule has 2 fully saturated rings. The first-order valence-corrected chi connectivity index (χ1v) is 8.40. The van der Waals surface area contributed by atoms with E-state index >= 15 is 0 Å². The molecule has 1 aromatic rings.